The zero-order valence-electron chi connectivity index (χ0n) is 6.64. The molecule has 0 saturated heterocycles. The number of para-hydroxylation sites is 2. The molecule has 4 heteroatoms. The van der Waals surface area contributed by atoms with E-state index in [-0.39, 0.29) is 5.69 Å². The van der Waals surface area contributed by atoms with Crippen LogP contribution in [0.25, 0.3) is 11.0 Å². The Balaban J connectivity index is 2.86. The van der Waals surface area contributed by atoms with E-state index in [1.54, 1.807) is 24.3 Å². The van der Waals surface area contributed by atoms with E-state index in [4.69, 9.17) is 5.26 Å². The monoisotopic (exact) mass is 171 g/mol. The maximum absolute atomic E-state index is 11.3. The van der Waals surface area contributed by atoms with Crippen LogP contribution in [0.5, 0.6) is 0 Å². The maximum Gasteiger partial charge on any atom is 0.242 e. The first-order chi connectivity index (χ1) is 6.31. The summed E-state index contributed by atoms with van der Waals surface area (Å²) < 4.78 is 0.654. The molecule has 0 unspecified atom stereocenters. The molecular formula is C9H5N3O. The topological polar surface area (TPSA) is 63.6 Å². The fourth-order valence-electron chi connectivity index (χ4n) is 1.14. The molecule has 0 aliphatic rings. The van der Waals surface area contributed by atoms with E-state index < -0.39 is 0 Å². The summed E-state index contributed by atoms with van der Waals surface area (Å²) in [5, 5.41) is 19.8. The number of nitrogens with zero attached hydrogens (tertiary/aromatic N) is 3. The van der Waals surface area contributed by atoms with Crippen LogP contribution in [0.3, 0.4) is 0 Å². The number of hydrogen-bond donors (Lipinski definition) is 0. The van der Waals surface area contributed by atoms with Crippen molar-refractivity contribution in [2.75, 3.05) is 0 Å². The van der Waals surface area contributed by atoms with Gasteiger partial charge in [0.25, 0.3) is 0 Å². The SMILES string of the molecule is N#Cc1c[n+]([O-])c2ccccc2n1. The minimum Gasteiger partial charge on any atom is -0.618 e. The van der Waals surface area contributed by atoms with Gasteiger partial charge in [-0.1, -0.05) is 12.1 Å². The molecule has 62 valence electrons. The van der Waals surface area contributed by atoms with Crippen molar-refractivity contribution in [2.45, 2.75) is 0 Å². The van der Waals surface area contributed by atoms with Crippen molar-refractivity contribution in [3.8, 4) is 6.07 Å². The van der Waals surface area contributed by atoms with Gasteiger partial charge in [-0.25, -0.2) is 4.98 Å². The van der Waals surface area contributed by atoms with E-state index in [1.165, 1.54) is 6.20 Å². The quantitative estimate of drug-likeness (QED) is 0.433. The molecule has 0 N–H and O–H groups in total. The molecule has 4 nitrogen and oxygen atoms in total. The molecule has 0 atom stereocenters. The number of aromatic nitrogens is 2. The van der Waals surface area contributed by atoms with Crippen LogP contribution in [0.1, 0.15) is 5.69 Å². The zero-order valence-corrected chi connectivity index (χ0v) is 6.64. The highest BCUT2D eigenvalue weighted by Crippen LogP contribution is 2.05. The molecule has 2 aromatic rings. The smallest absolute Gasteiger partial charge is 0.242 e. The van der Waals surface area contributed by atoms with Gasteiger partial charge in [-0.05, 0) is 6.07 Å². The lowest BCUT2D eigenvalue weighted by Gasteiger charge is -1.99. The summed E-state index contributed by atoms with van der Waals surface area (Å²) in [5.74, 6) is 0. The minimum atomic E-state index is 0.133. The minimum absolute atomic E-state index is 0.133. The highest BCUT2D eigenvalue weighted by atomic mass is 16.5. The first-order valence-electron chi connectivity index (χ1n) is 3.70. The van der Waals surface area contributed by atoms with Crippen LogP contribution in [-0.4, -0.2) is 4.98 Å². The molecule has 0 saturated carbocycles. The van der Waals surface area contributed by atoms with Crippen LogP contribution < -0.4 is 4.73 Å². The Morgan fingerprint density at radius 1 is 1.38 bits per heavy atom. The van der Waals surface area contributed by atoms with E-state index in [0.29, 0.717) is 15.8 Å². The fourth-order valence-corrected chi connectivity index (χ4v) is 1.14. The summed E-state index contributed by atoms with van der Waals surface area (Å²) in [5.41, 5.74) is 1.15. The molecule has 0 amide bonds. The van der Waals surface area contributed by atoms with Gasteiger partial charge in [0.15, 0.2) is 0 Å². The van der Waals surface area contributed by atoms with Crippen molar-refractivity contribution in [3.63, 3.8) is 0 Å². The van der Waals surface area contributed by atoms with Crippen molar-refractivity contribution in [1.82, 2.24) is 4.98 Å². The lowest BCUT2D eigenvalue weighted by Crippen LogP contribution is -2.27. The average molecular weight is 171 g/mol. The Morgan fingerprint density at radius 2 is 2.15 bits per heavy atom. The Kier molecular flexibility index (Phi) is 1.57. The summed E-state index contributed by atoms with van der Waals surface area (Å²) in [6, 6.07) is 8.72. The maximum atomic E-state index is 11.3. The van der Waals surface area contributed by atoms with Gasteiger partial charge in [-0.3, -0.25) is 0 Å². The molecular weight excluding hydrogens is 166 g/mol. The number of fused-ring (bicyclic) bond motifs is 1. The third-order valence-corrected chi connectivity index (χ3v) is 1.71. The third kappa shape index (κ3) is 1.16. The fraction of sp³-hybridized carbons (Fsp3) is 0. The Labute approximate surface area is 74.3 Å². The van der Waals surface area contributed by atoms with Gasteiger partial charge < -0.3 is 5.21 Å². The summed E-state index contributed by atoms with van der Waals surface area (Å²) in [6.45, 7) is 0. The second-order valence-corrected chi connectivity index (χ2v) is 2.55. The van der Waals surface area contributed by atoms with Crippen molar-refractivity contribution in [1.29, 1.82) is 5.26 Å². The molecule has 0 radical (unpaired) electrons. The van der Waals surface area contributed by atoms with Crippen LogP contribution in [0, 0.1) is 16.5 Å². The van der Waals surface area contributed by atoms with Gasteiger partial charge in [0.2, 0.25) is 17.4 Å². The van der Waals surface area contributed by atoms with Crippen LogP contribution in [0.4, 0.5) is 0 Å². The van der Waals surface area contributed by atoms with E-state index in [1.807, 2.05) is 6.07 Å². The molecule has 0 fully saturated rings. The van der Waals surface area contributed by atoms with E-state index in [2.05, 4.69) is 4.98 Å². The number of benzene rings is 1. The number of rotatable bonds is 0. The highest BCUT2D eigenvalue weighted by Gasteiger charge is 2.06. The average Bonchev–Trinajstić information content (AvgIpc) is 2.18. The van der Waals surface area contributed by atoms with Crippen LogP contribution >= 0.6 is 0 Å². The van der Waals surface area contributed by atoms with Gasteiger partial charge in [0, 0.05) is 6.07 Å². The van der Waals surface area contributed by atoms with Gasteiger partial charge in [0.1, 0.15) is 11.6 Å². The van der Waals surface area contributed by atoms with E-state index >= 15 is 0 Å². The normalized spacial score (nSPS) is 9.77. The molecule has 2 rings (SSSR count). The Morgan fingerprint density at radius 3 is 2.92 bits per heavy atom. The molecule has 0 spiro atoms. The van der Waals surface area contributed by atoms with Gasteiger partial charge in [0.05, 0.1) is 0 Å². The molecule has 0 bridgehead atoms. The van der Waals surface area contributed by atoms with Crippen molar-refractivity contribution < 1.29 is 4.73 Å². The molecule has 1 heterocycles. The van der Waals surface area contributed by atoms with Gasteiger partial charge in [-0.15, -0.1) is 0 Å². The first-order valence-corrected chi connectivity index (χ1v) is 3.70. The Bertz CT molecular complexity index is 502. The van der Waals surface area contributed by atoms with Gasteiger partial charge >= 0.3 is 0 Å². The lowest BCUT2D eigenvalue weighted by molar-refractivity contribution is -0.577. The van der Waals surface area contributed by atoms with Crippen molar-refractivity contribution in [2.24, 2.45) is 0 Å². The molecule has 13 heavy (non-hydrogen) atoms. The van der Waals surface area contributed by atoms with E-state index in [0.717, 1.165) is 0 Å². The van der Waals surface area contributed by atoms with Crippen molar-refractivity contribution in [3.05, 3.63) is 41.4 Å². The van der Waals surface area contributed by atoms with Crippen LogP contribution in [0.15, 0.2) is 30.5 Å². The van der Waals surface area contributed by atoms with E-state index in [9.17, 15) is 5.21 Å². The second kappa shape index (κ2) is 2.72. The van der Waals surface area contributed by atoms with Crippen LogP contribution in [0.2, 0.25) is 0 Å². The number of nitriles is 1. The first kappa shape index (κ1) is 7.50. The lowest BCUT2D eigenvalue weighted by atomic mass is 10.3. The van der Waals surface area contributed by atoms with Gasteiger partial charge in [-0.2, -0.15) is 9.99 Å². The highest BCUT2D eigenvalue weighted by molar-refractivity contribution is 5.70. The Hall–Kier alpha value is -2.15. The second-order valence-electron chi connectivity index (χ2n) is 2.55. The predicted molar refractivity (Wildman–Crippen MR) is 45.4 cm³/mol. The largest absolute Gasteiger partial charge is 0.618 e. The summed E-state index contributed by atoms with van der Waals surface area (Å²) in [6.07, 6.45) is 1.17. The molecule has 1 aromatic heterocycles. The predicted octanol–water partition coefficient (Wildman–Crippen LogP) is 0.740. The molecule has 1 aromatic carbocycles. The zero-order chi connectivity index (χ0) is 9.26. The molecule has 0 aliphatic heterocycles. The summed E-state index contributed by atoms with van der Waals surface area (Å²) >= 11 is 0. The number of hydrogen-bond acceptors (Lipinski definition) is 3. The summed E-state index contributed by atoms with van der Waals surface area (Å²) in [7, 11) is 0. The summed E-state index contributed by atoms with van der Waals surface area (Å²) in [4.78, 5) is 3.97. The standard InChI is InChI=1S/C9H5N3O/c10-5-7-6-12(13)9-4-2-1-3-8(9)11-7/h1-4,6H. The van der Waals surface area contributed by atoms with Crippen molar-refractivity contribution >= 4 is 11.0 Å². The third-order valence-electron chi connectivity index (χ3n) is 1.71. The molecule has 0 aliphatic carbocycles. The van der Waals surface area contributed by atoms with Crippen LogP contribution in [-0.2, 0) is 0 Å².